The molecule has 1 aliphatic rings. The van der Waals surface area contributed by atoms with Crippen LogP contribution < -0.4 is 0 Å². The lowest BCUT2D eigenvalue weighted by molar-refractivity contribution is -0.282. The summed E-state index contributed by atoms with van der Waals surface area (Å²) in [5, 5.41) is 0. The second-order valence-corrected chi connectivity index (χ2v) is 6.64. The van der Waals surface area contributed by atoms with Gasteiger partial charge in [0.15, 0.2) is 0 Å². The molecular weight excluding hydrogens is 313 g/mol. The fourth-order valence-corrected chi connectivity index (χ4v) is 2.43. The van der Waals surface area contributed by atoms with Gasteiger partial charge in [-0.2, -0.15) is 0 Å². The van der Waals surface area contributed by atoms with Crippen molar-refractivity contribution in [2.24, 2.45) is 0 Å². The van der Waals surface area contributed by atoms with Crippen LogP contribution in [0.5, 0.6) is 0 Å². The number of nitrogens with zero attached hydrogens (tertiary/aromatic N) is 1. The van der Waals surface area contributed by atoms with Crippen molar-refractivity contribution in [1.82, 2.24) is 4.90 Å². The molecule has 0 aromatic heterocycles. The Balaban J connectivity index is 2.06. The van der Waals surface area contributed by atoms with E-state index in [1.54, 1.807) is 17.0 Å². The van der Waals surface area contributed by atoms with Gasteiger partial charge in [0, 0.05) is 18.7 Å². The van der Waals surface area contributed by atoms with Crippen molar-refractivity contribution in [1.29, 1.82) is 0 Å². The highest BCUT2D eigenvalue weighted by molar-refractivity contribution is 5.73. The van der Waals surface area contributed by atoms with Crippen LogP contribution in [-0.4, -0.2) is 36.8 Å². The fourth-order valence-electron chi connectivity index (χ4n) is 2.43. The van der Waals surface area contributed by atoms with Crippen LogP contribution in [0.15, 0.2) is 24.3 Å². The average molecular weight is 337 g/mol. The molecule has 6 heteroatoms. The molecule has 1 aromatic carbocycles. The maximum atomic E-state index is 13.8. The van der Waals surface area contributed by atoms with E-state index in [2.05, 4.69) is 4.89 Å². The Morgan fingerprint density at radius 3 is 2.67 bits per heavy atom. The maximum absolute atomic E-state index is 13.8. The van der Waals surface area contributed by atoms with E-state index in [0.29, 0.717) is 25.1 Å². The van der Waals surface area contributed by atoms with Crippen LogP contribution in [0.2, 0.25) is 0 Å². The van der Waals surface area contributed by atoms with Crippen molar-refractivity contribution in [2.45, 2.75) is 39.4 Å². The molecule has 1 amide bonds. The van der Waals surface area contributed by atoms with Crippen LogP contribution in [0.25, 0.3) is 5.57 Å². The Morgan fingerprint density at radius 1 is 1.33 bits per heavy atom. The fraction of sp³-hybridized carbons (Fsp3) is 0.500. The third-order valence-electron chi connectivity index (χ3n) is 3.61. The van der Waals surface area contributed by atoms with Crippen molar-refractivity contribution in [3.05, 3.63) is 41.2 Å². The van der Waals surface area contributed by atoms with Gasteiger partial charge in [0.05, 0.1) is 7.11 Å². The minimum absolute atomic E-state index is 0.0491. The summed E-state index contributed by atoms with van der Waals surface area (Å²) < 4.78 is 19.1. The van der Waals surface area contributed by atoms with Crippen molar-refractivity contribution in [3.8, 4) is 0 Å². The zero-order valence-corrected chi connectivity index (χ0v) is 14.6. The lowest BCUT2D eigenvalue weighted by atomic mass is 9.98. The first kappa shape index (κ1) is 18.4. The summed E-state index contributed by atoms with van der Waals surface area (Å²) in [5.41, 5.74) is 1.93. The topological polar surface area (TPSA) is 48.0 Å². The van der Waals surface area contributed by atoms with Crippen LogP contribution in [-0.2, 0) is 21.1 Å². The monoisotopic (exact) mass is 337 g/mol. The van der Waals surface area contributed by atoms with Crippen molar-refractivity contribution in [2.75, 3.05) is 20.2 Å². The number of benzene rings is 1. The zero-order valence-electron chi connectivity index (χ0n) is 14.6. The molecule has 132 valence electrons. The first-order chi connectivity index (χ1) is 11.3. The summed E-state index contributed by atoms with van der Waals surface area (Å²) in [7, 11) is 1.39. The molecule has 5 nitrogen and oxygen atoms in total. The van der Waals surface area contributed by atoms with Gasteiger partial charge in [-0.15, -0.1) is 0 Å². The second-order valence-electron chi connectivity index (χ2n) is 6.64. The minimum Gasteiger partial charge on any atom is -0.444 e. The number of carbonyl (C=O) groups is 1. The molecule has 0 unspecified atom stereocenters. The number of ether oxygens (including phenoxy) is 1. The molecule has 2 rings (SSSR count). The summed E-state index contributed by atoms with van der Waals surface area (Å²) in [5.74, 6) is -0.331. The van der Waals surface area contributed by atoms with E-state index in [1.807, 2.05) is 26.8 Å². The van der Waals surface area contributed by atoms with E-state index in [9.17, 15) is 9.18 Å². The molecule has 0 bridgehead atoms. The molecule has 1 heterocycles. The summed E-state index contributed by atoms with van der Waals surface area (Å²) in [4.78, 5) is 23.1. The second kappa shape index (κ2) is 7.77. The Hall–Kier alpha value is -1.92. The number of halogens is 1. The lowest BCUT2D eigenvalue weighted by Gasteiger charge is -2.29. The SMILES string of the molecule is COOCc1cc(C2=CCN(C(=O)OC(C)(C)C)CC2)ccc1F. The molecule has 0 atom stereocenters. The van der Waals surface area contributed by atoms with Gasteiger partial charge >= 0.3 is 6.09 Å². The molecule has 24 heavy (non-hydrogen) atoms. The smallest absolute Gasteiger partial charge is 0.410 e. The molecule has 0 radical (unpaired) electrons. The predicted octanol–water partition coefficient (Wildman–Crippen LogP) is 3.93. The highest BCUT2D eigenvalue weighted by Crippen LogP contribution is 2.25. The molecule has 0 fully saturated rings. The Morgan fingerprint density at radius 2 is 2.08 bits per heavy atom. The van der Waals surface area contributed by atoms with Crippen molar-refractivity contribution >= 4 is 11.7 Å². The molecular formula is C18H24FNO4. The van der Waals surface area contributed by atoms with Crippen molar-refractivity contribution in [3.63, 3.8) is 0 Å². The molecule has 0 aliphatic carbocycles. The van der Waals surface area contributed by atoms with Crippen LogP contribution in [0.3, 0.4) is 0 Å². The molecule has 1 aromatic rings. The maximum Gasteiger partial charge on any atom is 0.410 e. The Bertz CT molecular complexity index is 622. The minimum atomic E-state index is -0.506. The normalized spacial score (nSPS) is 15.2. The number of carbonyl (C=O) groups excluding carboxylic acids is 1. The van der Waals surface area contributed by atoms with Gasteiger partial charge in [-0.05, 0) is 50.5 Å². The van der Waals surface area contributed by atoms with Crippen LogP contribution in [0.1, 0.15) is 38.3 Å². The van der Waals surface area contributed by atoms with Gasteiger partial charge in [-0.1, -0.05) is 12.1 Å². The largest absolute Gasteiger partial charge is 0.444 e. The quantitative estimate of drug-likeness (QED) is 0.617. The van der Waals surface area contributed by atoms with Gasteiger partial charge in [0.1, 0.15) is 18.0 Å². The first-order valence-corrected chi connectivity index (χ1v) is 7.91. The van der Waals surface area contributed by atoms with E-state index in [1.165, 1.54) is 13.2 Å². The summed E-state index contributed by atoms with van der Waals surface area (Å²) >= 11 is 0. The molecule has 1 aliphatic heterocycles. The standard InChI is InChI=1S/C18H24FNO4/c1-18(2,3)24-17(21)20-9-7-13(8-10-20)14-5-6-16(19)15(11-14)12-23-22-4/h5-7,11H,8-10,12H2,1-4H3. The van der Waals surface area contributed by atoms with Crippen LogP contribution in [0.4, 0.5) is 9.18 Å². The predicted molar refractivity (Wildman–Crippen MR) is 88.6 cm³/mol. The highest BCUT2D eigenvalue weighted by Gasteiger charge is 2.24. The number of hydrogen-bond acceptors (Lipinski definition) is 4. The Kier molecular flexibility index (Phi) is 5.96. The first-order valence-electron chi connectivity index (χ1n) is 7.91. The highest BCUT2D eigenvalue weighted by atomic mass is 19.1. The number of rotatable bonds is 4. The van der Waals surface area contributed by atoms with Gasteiger partial charge in [-0.3, -0.25) is 0 Å². The third kappa shape index (κ3) is 5.04. The molecule has 0 spiro atoms. The Labute approximate surface area is 141 Å². The van der Waals surface area contributed by atoms with E-state index in [-0.39, 0.29) is 18.5 Å². The summed E-state index contributed by atoms with van der Waals surface area (Å²) in [6, 6.07) is 4.91. The van der Waals surface area contributed by atoms with Gasteiger partial charge < -0.3 is 9.64 Å². The zero-order chi connectivity index (χ0) is 17.7. The average Bonchev–Trinajstić information content (AvgIpc) is 2.53. The summed E-state index contributed by atoms with van der Waals surface area (Å²) in [6.45, 7) is 6.63. The van der Waals surface area contributed by atoms with Gasteiger partial charge in [0.2, 0.25) is 0 Å². The van der Waals surface area contributed by atoms with Crippen molar-refractivity contribution < 1.29 is 23.7 Å². The molecule has 0 N–H and O–H groups in total. The van der Waals surface area contributed by atoms with E-state index in [4.69, 9.17) is 9.62 Å². The van der Waals surface area contributed by atoms with Gasteiger partial charge in [-0.25, -0.2) is 19.0 Å². The third-order valence-corrected chi connectivity index (χ3v) is 3.61. The molecule has 0 saturated heterocycles. The number of amides is 1. The molecule has 0 saturated carbocycles. The lowest BCUT2D eigenvalue weighted by Crippen LogP contribution is -2.39. The summed E-state index contributed by atoms with van der Waals surface area (Å²) in [6.07, 6.45) is 2.35. The van der Waals surface area contributed by atoms with Crippen LogP contribution >= 0.6 is 0 Å². The van der Waals surface area contributed by atoms with Crippen LogP contribution in [0, 0.1) is 5.82 Å². The number of hydrogen-bond donors (Lipinski definition) is 0. The van der Waals surface area contributed by atoms with E-state index >= 15 is 0 Å². The van der Waals surface area contributed by atoms with E-state index in [0.717, 1.165) is 11.1 Å². The van der Waals surface area contributed by atoms with E-state index < -0.39 is 5.60 Å². The van der Waals surface area contributed by atoms with Gasteiger partial charge in [0.25, 0.3) is 0 Å².